The van der Waals surface area contributed by atoms with Crippen LogP contribution in [0.2, 0.25) is 0 Å². The first-order valence-electron chi connectivity index (χ1n) is 8.84. The summed E-state index contributed by atoms with van der Waals surface area (Å²) in [7, 11) is 0. The Morgan fingerprint density at radius 1 is 1.07 bits per heavy atom. The first kappa shape index (κ1) is 18.6. The molecule has 0 unspecified atom stereocenters. The van der Waals surface area contributed by atoms with Crippen molar-refractivity contribution >= 4 is 17.7 Å². The van der Waals surface area contributed by atoms with Crippen LogP contribution in [0.3, 0.4) is 0 Å². The van der Waals surface area contributed by atoms with Crippen molar-refractivity contribution in [1.29, 1.82) is 0 Å². The molecule has 1 amide bonds. The Balaban J connectivity index is 1.67. The van der Waals surface area contributed by atoms with Gasteiger partial charge in [0.1, 0.15) is 11.8 Å². The molecule has 3 rings (SSSR count). The third-order valence-electron chi connectivity index (χ3n) is 4.71. The third kappa shape index (κ3) is 4.16. The van der Waals surface area contributed by atoms with E-state index in [0.717, 1.165) is 11.1 Å². The van der Waals surface area contributed by atoms with Gasteiger partial charge in [0, 0.05) is 24.9 Å². The third-order valence-corrected chi connectivity index (χ3v) is 4.71. The second-order valence-electron chi connectivity index (χ2n) is 6.44. The van der Waals surface area contributed by atoms with E-state index in [9.17, 15) is 19.5 Å². The van der Waals surface area contributed by atoms with Crippen molar-refractivity contribution in [3.63, 3.8) is 0 Å². The van der Waals surface area contributed by atoms with Crippen molar-refractivity contribution in [2.75, 3.05) is 6.61 Å². The highest BCUT2D eigenvalue weighted by Crippen LogP contribution is 2.24. The molecule has 2 aromatic rings. The second-order valence-corrected chi connectivity index (χ2v) is 6.44. The highest BCUT2D eigenvalue weighted by atomic mass is 16.5. The zero-order valence-electron chi connectivity index (χ0n) is 15.1. The Kier molecular flexibility index (Phi) is 5.54. The summed E-state index contributed by atoms with van der Waals surface area (Å²) in [5, 5.41) is 9.51. The fraction of sp³-hybridized carbons (Fsp3) is 0.286. The van der Waals surface area contributed by atoms with Crippen LogP contribution in [0.25, 0.3) is 0 Å². The van der Waals surface area contributed by atoms with E-state index in [1.54, 1.807) is 31.2 Å². The molecule has 1 atom stereocenters. The number of carbonyl (C=O) groups excluding carboxylic acids is 2. The van der Waals surface area contributed by atoms with E-state index in [1.807, 2.05) is 24.3 Å². The molecule has 0 radical (unpaired) electrons. The van der Waals surface area contributed by atoms with Gasteiger partial charge < -0.3 is 14.7 Å². The van der Waals surface area contributed by atoms with Gasteiger partial charge in [0.05, 0.1) is 0 Å². The lowest BCUT2D eigenvalue weighted by molar-refractivity contribution is -0.152. The number of ether oxygens (including phenoxy) is 1. The van der Waals surface area contributed by atoms with Gasteiger partial charge in [-0.3, -0.25) is 9.59 Å². The Hall–Kier alpha value is -3.15. The topological polar surface area (TPSA) is 83.9 Å². The van der Waals surface area contributed by atoms with Crippen molar-refractivity contribution < 1.29 is 24.2 Å². The number of ketones is 1. The molecule has 0 aromatic heterocycles. The van der Waals surface area contributed by atoms with E-state index in [-0.39, 0.29) is 31.3 Å². The molecule has 0 bridgehead atoms. The molecule has 27 heavy (non-hydrogen) atoms. The molecular weight excluding hydrogens is 346 g/mol. The maximum atomic E-state index is 12.6. The van der Waals surface area contributed by atoms with Crippen LogP contribution < -0.4 is 4.74 Å². The number of carbonyl (C=O) groups is 3. The summed E-state index contributed by atoms with van der Waals surface area (Å²) in [6.07, 6.45) is 0.705. The van der Waals surface area contributed by atoms with E-state index in [4.69, 9.17) is 4.74 Å². The number of aliphatic carboxylic acids is 1. The molecule has 6 heteroatoms. The van der Waals surface area contributed by atoms with E-state index in [1.165, 1.54) is 4.90 Å². The van der Waals surface area contributed by atoms with Crippen LogP contribution in [-0.4, -0.2) is 40.3 Å². The molecule has 6 nitrogen and oxygen atoms in total. The number of carboxylic acid groups (broad SMARTS) is 1. The first-order valence-corrected chi connectivity index (χ1v) is 8.84. The zero-order chi connectivity index (χ0) is 19.4. The molecular formula is C21H21NO5. The molecule has 0 saturated carbocycles. The quantitative estimate of drug-likeness (QED) is 0.794. The van der Waals surface area contributed by atoms with Gasteiger partial charge in [-0.25, -0.2) is 4.79 Å². The summed E-state index contributed by atoms with van der Waals surface area (Å²) in [4.78, 5) is 37.2. The van der Waals surface area contributed by atoms with E-state index in [2.05, 4.69) is 0 Å². The van der Waals surface area contributed by atoms with Crippen molar-refractivity contribution in [2.45, 2.75) is 32.4 Å². The number of carboxylic acids is 1. The normalized spacial score (nSPS) is 15.7. The molecule has 0 fully saturated rings. The highest BCUT2D eigenvalue weighted by Gasteiger charge is 2.34. The summed E-state index contributed by atoms with van der Waals surface area (Å²) in [6, 6.07) is 13.2. The largest absolute Gasteiger partial charge is 0.484 e. The second kappa shape index (κ2) is 8.03. The maximum Gasteiger partial charge on any atom is 0.326 e. The Bertz CT molecular complexity index is 859. The lowest BCUT2D eigenvalue weighted by atomic mass is 9.94. The molecule has 1 N–H and O–H groups in total. The minimum Gasteiger partial charge on any atom is -0.484 e. The van der Waals surface area contributed by atoms with Crippen LogP contribution >= 0.6 is 0 Å². The van der Waals surface area contributed by atoms with Gasteiger partial charge in [-0.05, 0) is 35.4 Å². The standard InChI is InChI=1S/C21H21NO5/c1-2-19(23)14-7-9-17(10-8-14)27-13-20(24)22-12-16-6-4-3-5-15(16)11-18(22)21(25)26/h3-10,18H,2,11-13H2,1H3,(H,25,26)/t18-/m0/s1. The number of fused-ring (bicyclic) bond motifs is 1. The SMILES string of the molecule is CCC(=O)c1ccc(OCC(=O)N2Cc3ccccc3C[C@H]2C(=O)O)cc1. The van der Waals surface area contributed by atoms with Gasteiger partial charge in [0.15, 0.2) is 12.4 Å². The van der Waals surface area contributed by atoms with Crippen LogP contribution in [0.15, 0.2) is 48.5 Å². The van der Waals surface area contributed by atoms with Crippen LogP contribution in [0, 0.1) is 0 Å². The number of benzene rings is 2. The van der Waals surface area contributed by atoms with Crippen LogP contribution in [-0.2, 0) is 22.6 Å². The molecule has 0 saturated heterocycles. The Morgan fingerprint density at radius 2 is 1.74 bits per heavy atom. The van der Waals surface area contributed by atoms with Crippen LogP contribution in [0.4, 0.5) is 0 Å². The molecule has 1 aliphatic rings. The lowest BCUT2D eigenvalue weighted by Gasteiger charge is -2.34. The number of hydrogen-bond acceptors (Lipinski definition) is 4. The Labute approximate surface area is 157 Å². The van der Waals surface area contributed by atoms with Crippen LogP contribution in [0.5, 0.6) is 5.75 Å². The average Bonchev–Trinajstić information content (AvgIpc) is 2.70. The minimum atomic E-state index is -1.03. The van der Waals surface area contributed by atoms with E-state index < -0.39 is 12.0 Å². The summed E-state index contributed by atoms with van der Waals surface area (Å²) < 4.78 is 5.51. The predicted octanol–water partition coefficient (Wildman–Crippen LogP) is 2.70. The zero-order valence-corrected chi connectivity index (χ0v) is 15.1. The minimum absolute atomic E-state index is 0.0360. The summed E-state index contributed by atoms with van der Waals surface area (Å²) in [5.41, 5.74) is 2.49. The molecule has 2 aromatic carbocycles. The summed E-state index contributed by atoms with van der Waals surface area (Å²) in [5.74, 6) is -0.917. The number of rotatable bonds is 6. The smallest absolute Gasteiger partial charge is 0.326 e. The summed E-state index contributed by atoms with van der Waals surface area (Å²) in [6.45, 7) is 1.79. The fourth-order valence-electron chi connectivity index (χ4n) is 3.17. The van der Waals surface area contributed by atoms with E-state index in [0.29, 0.717) is 17.7 Å². The number of nitrogens with zero attached hydrogens (tertiary/aromatic N) is 1. The number of amides is 1. The summed E-state index contributed by atoms with van der Waals surface area (Å²) >= 11 is 0. The molecule has 0 spiro atoms. The van der Waals surface area contributed by atoms with Gasteiger partial charge in [0.25, 0.3) is 5.91 Å². The van der Waals surface area contributed by atoms with E-state index >= 15 is 0 Å². The van der Waals surface area contributed by atoms with Gasteiger partial charge in [-0.15, -0.1) is 0 Å². The van der Waals surface area contributed by atoms with Crippen molar-refractivity contribution in [3.8, 4) is 5.75 Å². The fourth-order valence-corrected chi connectivity index (χ4v) is 3.17. The molecule has 0 aliphatic carbocycles. The highest BCUT2D eigenvalue weighted by molar-refractivity contribution is 5.95. The maximum absolute atomic E-state index is 12.6. The van der Waals surface area contributed by atoms with Crippen LogP contribution in [0.1, 0.15) is 34.8 Å². The number of Topliss-reactive ketones (excluding diaryl/α,β-unsaturated/α-hetero) is 1. The average molecular weight is 367 g/mol. The molecule has 140 valence electrons. The van der Waals surface area contributed by atoms with Gasteiger partial charge >= 0.3 is 5.97 Å². The predicted molar refractivity (Wildman–Crippen MR) is 98.7 cm³/mol. The molecule has 1 aliphatic heterocycles. The van der Waals surface area contributed by atoms with Crippen molar-refractivity contribution in [3.05, 3.63) is 65.2 Å². The van der Waals surface area contributed by atoms with Gasteiger partial charge in [0.2, 0.25) is 0 Å². The Morgan fingerprint density at radius 3 is 2.37 bits per heavy atom. The molecule has 1 heterocycles. The van der Waals surface area contributed by atoms with Gasteiger partial charge in [-0.1, -0.05) is 31.2 Å². The first-order chi connectivity index (χ1) is 13.0. The van der Waals surface area contributed by atoms with Gasteiger partial charge in [-0.2, -0.15) is 0 Å². The van der Waals surface area contributed by atoms with Crippen molar-refractivity contribution in [1.82, 2.24) is 4.90 Å². The number of hydrogen-bond donors (Lipinski definition) is 1. The van der Waals surface area contributed by atoms with Crippen molar-refractivity contribution in [2.24, 2.45) is 0 Å². The lowest BCUT2D eigenvalue weighted by Crippen LogP contribution is -2.50. The monoisotopic (exact) mass is 367 g/mol.